The zero-order chi connectivity index (χ0) is 24.6. The van der Waals surface area contributed by atoms with Crippen LogP contribution in [0.5, 0.6) is 0 Å². The first-order valence-electron chi connectivity index (χ1n) is 10.7. The number of carbonyl (C=O) groups excluding carboxylic acids is 1. The quantitative estimate of drug-likeness (QED) is 0.340. The molecule has 3 heterocycles. The fourth-order valence-electron chi connectivity index (χ4n) is 3.36. The standard InChI is InChI=1S/C24H24N10O/c1-4-17(21(5-2)34-16-26-15-30-34)12-28-24(35)18-7-6-8-19(11-18)27-13-22-31-32-23(33(22)3)20-9-10-25-14-29-20/h4-11,14-16,27H,1-2,12-13H2,3H3,(H,28,35)/b21-17-. The lowest BCUT2D eigenvalue weighted by atomic mass is 10.1. The monoisotopic (exact) mass is 468 g/mol. The third kappa shape index (κ3) is 5.36. The van der Waals surface area contributed by atoms with Gasteiger partial charge in [-0.3, -0.25) is 4.79 Å². The highest BCUT2D eigenvalue weighted by Crippen LogP contribution is 2.16. The van der Waals surface area contributed by atoms with Crippen LogP contribution in [-0.2, 0) is 13.6 Å². The number of anilines is 1. The number of rotatable bonds is 10. The van der Waals surface area contributed by atoms with Gasteiger partial charge in [0.2, 0.25) is 0 Å². The lowest BCUT2D eigenvalue weighted by Gasteiger charge is -2.12. The Morgan fingerprint density at radius 1 is 1.11 bits per heavy atom. The lowest BCUT2D eigenvalue weighted by Crippen LogP contribution is -2.26. The van der Waals surface area contributed by atoms with Gasteiger partial charge in [0.25, 0.3) is 5.91 Å². The summed E-state index contributed by atoms with van der Waals surface area (Å²) in [4.78, 5) is 24.9. The number of amides is 1. The molecule has 0 unspecified atom stereocenters. The number of hydrogen-bond acceptors (Lipinski definition) is 8. The minimum Gasteiger partial charge on any atom is -0.378 e. The van der Waals surface area contributed by atoms with Crippen molar-refractivity contribution in [2.24, 2.45) is 7.05 Å². The van der Waals surface area contributed by atoms with Crippen LogP contribution in [0.1, 0.15) is 16.2 Å². The first-order valence-corrected chi connectivity index (χ1v) is 10.7. The van der Waals surface area contributed by atoms with Crippen molar-refractivity contribution in [2.45, 2.75) is 6.54 Å². The summed E-state index contributed by atoms with van der Waals surface area (Å²) in [7, 11) is 1.87. The molecular weight excluding hydrogens is 444 g/mol. The van der Waals surface area contributed by atoms with Gasteiger partial charge < -0.3 is 15.2 Å². The van der Waals surface area contributed by atoms with Crippen LogP contribution < -0.4 is 10.6 Å². The molecule has 0 saturated heterocycles. The van der Waals surface area contributed by atoms with Crippen LogP contribution in [-0.4, -0.2) is 51.9 Å². The lowest BCUT2D eigenvalue weighted by molar-refractivity contribution is 0.0957. The number of nitrogens with one attached hydrogen (secondary N) is 2. The van der Waals surface area contributed by atoms with E-state index in [9.17, 15) is 4.79 Å². The molecule has 176 valence electrons. The van der Waals surface area contributed by atoms with Gasteiger partial charge in [0.05, 0.1) is 12.2 Å². The molecule has 0 aliphatic heterocycles. The molecule has 0 bridgehead atoms. The first-order chi connectivity index (χ1) is 17.1. The summed E-state index contributed by atoms with van der Waals surface area (Å²) in [6.45, 7) is 8.33. The third-order valence-electron chi connectivity index (χ3n) is 5.23. The van der Waals surface area contributed by atoms with Crippen LogP contribution in [0.4, 0.5) is 5.69 Å². The van der Waals surface area contributed by atoms with Crippen LogP contribution in [0.2, 0.25) is 0 Å². The SMILES string of the molecule is C=C/C(CNC(=O)c1cccc(NCc2nnc(-c3ccncn3)n2C)c1)=C(\C=C)n1cncn1. The van der Waals surface area contributed by atoms with E-state index < -0.39 is 0 Å². The molecule has 11 heteroatoms. The molecule has 4 rings (SSSR count). The van der Waals surface area contributed by atoms with Gasteiger partial charge >= 0.3 is 0 Å². The van der Waals surface area contributed by atoms with Gasteiger partial charge in [0.15, 0.2) is 11.6 Å². The van der Waals surface area contributed by atoms with E-state index in [0.717, 1.165) is 17.1 Å². The van der Waals surface area contributed by atoms with E-state index in [1.165, 1.54) is 12.7 Å². The van der Waals surface area contributed by atoms with Crippen molar-refractivity contribution >= 4 is 17.3 Å². The van der Waals surface area contributed by atoms with Crippen molar-refractivity contribution in [1.82, 2.24) is 44.8 Å². The molecule has 0 aliphatic rings. The summed E-state index contributed by atoms with van der Waals surface area (Å²) in [5.74, 6) is 1.15. The number of hydrogen-bond donors (Lipinski definition) is 2. The Labute approximate surface area is 202 Å². The van der Waals surface area contributed by atoms with Crippen molar-refractivity contribution < 1.29 is 4.79 Å². The minimum absolute atomic E-state index is 0.222. The van der Waals surface area contributed by atoms with E-state index >= 15 is 0 Å². The Hall–Kier alpha value is -4.93. The molecule has 0 aliphatic carbocycles. The number of allylic oxidation sites excluding steroid dienone is 2. The Bertz CT molecular complexity index is 1360. The van der Waals surface area contributed by atoms with E-state index in [1.807, 2.05) is 23.7 Å². The van der Waals surface area contributed by atoms with Crippen molar-refractivity contribution in [3.8, 4) is 11.5 Å². The highest BCUT2D eigenvalue weighted by molar-refractivity contribution is 5.95. The zero-order valence-corrected chi connectivity index (χ0v) is 19.2. The van der Waals surface area contributed by atoms with Crippen LogP contribution in [0, 0.1) is 0 Å². The summed E-state index contributed by atoms with van der Waals surface area (Å²) < 4.78 is 3.44. The average molecular weight is 469 g/mol. The van der Waals surface area contributed by atoms with Gasteiger partial charge in [-0.15, -0.1) is 10.2 Å². The smallest absolute Gasteiger partial charge is 0.251 e. The summed E-state index contributed by atoms with van der Waals surface area (Å²) in [5.41, 5.74) is 3.43. The summed E-state index contributed by atoms with van der Waals surface area (Å²) in [5, 5.41) is 18.8. The van der Waals surface area contributed by atoms with Gasteiger partial charge in [-0.05, 0) is 35.9 Å². The van der Waals surface area contributed by atoms with Crippen LogP contribution >= 0.6 is 0 Å². The summed E-state index contributed by atoms with van der Waals surface area (Å²) in [6, 6.07) is 9.00. The Morgan fingerprint density at radius 3 is 2.71 bits per heavy atom. The maximum atomic E-state index is 12.8. The molecule has 0 spiro atoms. The Kier molecular flexibility index (Phi) is 7.16. The number of benzene rings is 1. The Balaban J connectivity index is 1.41. The number of carbonyl (C=O) groups is 1. The minimum atomic E-state index is -0.222. The van der Waals surface area contributed by atoms with E-state index in [-0.39, 0.29) is 12.5 Å². The van der Waals surface area contributed by atoms with Gasteiger partial charge in [0, 0.05) is 31.0 Å². The van der Waals surface area contributed by atoms with Gasteiger partial charge in [-0.1, -0.05) is 25.3 Å². The highest BCUT2D eigenvalue weighted by Gasteiger charge is 2.13. The Morgan fingerprint density at radius 2 is 2.00 bits per heavy atom. The topological polar surface area (TPSA) is 128 Å². The van der Waals surface area contributed by atoms with Gasteiger partial charge in [-0.25, -0.2) is 19.6 Å². The van der Waals surface area contributed by atoms with E-state index in [1.54, 1.807) is 47.6 Å². The van der Waals surface area contributed by atoms with Crippen molar-refractivity contribution in [3.63, 3.8) is 0 Å². The molecule has 35 heavy (non-hydrogen) atoms. The fourth-order valence-corrected chi connectivity index (χ4v) is 3.36. The highest BCUT2D eigenvalue weighted by atomic mass is 16.1. The van der Waals surface area contributed by atoms with E-state index in [2.05, 4.69) is 54.0 Å². The molecule has 4 aromatic rings. The second-order valence-electron chi connectivity index (χ2n) is 7.37. The second kappa shape index (κ2) is 10.8. The largest absolute Gasteiger partial charge is 0.378 e. The molecule has 1 aromatic carbocycles. The van der Waals surface area contributed by atoms with Crippen molar-refractivity contribution in [3.05, 3.63) is 97.8 Å². The molecule has 2 N–H and O–H groups in total. The van der Waals surface area contributed by atoms with Crippen molar-refractivity contribution in [1.29, 1.82) is 0 Å². The van der Waals surface area contributed by atoms with Crippen LogP contribution in [0.25, 0.3) is 17.2 Å². The normalized spacial score (nSPS) is 11.5. The maximum Gasteiger partial charge on any atom is 0.251 e. The van der Waals surface area contributed by atoms with Gasteiger partial charge in [0.1, 0.15) is 24.7 Å². The predicted octanol–water partition coefficient (Wildman–Crippen LogP) is 2.49. The van der Waals surface area contributed by atoms with E-state index in [0.29, 0.717) is 29.3 Å². The average Bonchev–Trinajstić information content (AvgIpc) is 3.56. The third-order valence-corrected chi connectivity index (χ3v) is 5.23. The van der Waals surface area contributed by atoms with Gasteiger partial charge in [-0.2, -0.15) is 5.10 Å². The summed E-state index contributed by atoms with van der Waals surface area (Å²) in [6.07, 6.45) is 9.42. The number of nitrogens with zero attached hydrogens (tertiary/aromatic N) is 8. The fraction of sp³-hybridized carbons (Fsp3) is 0.125. The molecule has 0 atom stereocenters. The second-order valence-corrected chi connectivity index (χ2v) is 7.37. The first kappa shape index (κ1) is 23.2. The predicted molar refractivity (Wildman–Crippen MR) is 132 cm³/mol. The molecule has 11 nitrogen and oxygen atoms in total. The maximum absolute atomic E-state index is 12.8. The molecule has 1 amide bonds. The molecule has 0 radical (unpaired) electrons. The zero-order valence-electron chi connectivity index (χ0n) is 19.2. The van der Waals surface area contributed by atoms with Crippen molar-refractivity contribution in [2.75, 3.05) is 11.9 Å². The number of aromatic nitrogens is 8. The van der Waals surface area contributed by atoms with Crippen LogP contribution in [0.3, 0.4) is 0 Å². The van der Waals surface area contributed by atoms with Crippen LogP contribution in [0.15, 0.2) is 86.4 Å². The van der Waals surface area contributed by atoms with E-state index in [4.69, 9.17) is 0 Å². The summed E-state index contributed by atoms with van der Waals surface area (Å²) >= 11 is 0. The molecule has 3 aromatic heterocycles. The molecule has 0 saturated carbocycles. The molecule has 0 fully saturated rings. The molecular formula is C24H24N10O.